The van der Waals surface area contributed by atoms with Crippen molar-refractivity contribution in [2.24, 2.45) is 0 Å². The van der Waals surface area contributed by atoms with Crippen LogP contribution < -0.4 is 19.1 Å². The predicted molar refractivity (Wildman–Crippen MR) is 119 cm³/mol. The van der Waals surface area contributed by atoms with Crippen molar-refractivity contribution >= 4 is 21.6 Å². The highest BCUT2D eigenvalue weighted by Gasteiger charge is 2.23. The van der Waals surface area contributed by atoms with Crippen LogP contribution in [0, 0.1) is 0 Å². The average Bonchev–Trinajstić information content (AvgIpc) is 2.69. The van der Waals surface area contributed by atoms with E-state index in [1.54, 1.807) is 31.4 Å². The van der Waals surface area contributed by atoms with Crippen molar-refractivity contribution in [2.45, 2.75) is 39.3 Å². The molecule has 0 aliphatic carbocycles. The molecule has 1 atom stereocenters. The number of nitrogens with one attached hydrogen (secondary N) is 1. The fourth-order valence-electron chi connectivity index (χ4n) is 3.01. The second-order valence-electron chi connectivity index (χ2n) is 7.24. The molecule has 7 nitrogen and oxygen atoms in total. The third-order valence-corrected chi connectivity index (χ3v) is 5.57. The lowest BCUT2D eigenvalue weighted by atomic mass is 10.0. The Kier molecular flexibility index (Phi) is 8.11. The summed E-state index contributed by atoms with van der Waals surface area (Å²) in [7, 11) is -2.08. The van der Waals surface area contributed by atoms with Crippen LogP contribution in [0.1, 0.15) is 38.8 Å². The van der Waals surface area contributed by atoms with Crippen molar-refractivity contribution in [2.75, 3.05) is 24.2 Å². The van der Waals surface area contributed by atoms with Crippen molar-refractivity contribution < 1.29 is 22.7 Å². The molecular formula is C22H30N2O5S. The van der Waals surface area contributed by atoms with Gasteiger partial charge in [0.05, 0.1) is 31.2 Å². The van der Waals surface area contributed by atoms with E-state index in [0.29, 0.717) is 17.9 Å². The van der Waals surface area contributed by atoms with E-state index in [0.717, 1.165) is 21.9 Å². The van der Waals surface area contributed by atoms with Gasteiger partial charge in [0, 0.05) is 6.07 Å². The zero-order chi connectivity index (χ0) is 22.3. The zero-order valence-corrected chi connectivity index (χ0v) is 18.9. The van der Waals surface area contributed by atoms with Crippen LogP contribution in [0.15, 0.2) is 48.5 Å². The Balaban J connectivity index is 2.19. The number of nitrogens with zero attached hydrogens (tertiary/aromatic N) is 1. The standard InChI is InChI=1S/C22H30N2O5S/c1-6-21(17-10-12-19(28-4)13-11-17)23-22(25)15-24(30(5,26)27)18-8-7-9-20(14-18)29-16(2)3/h7-14,16,21H,6,15H2,1-5H3,(H,23,25)/t21-/m1/s1. The molecule has 0 bridgehead atoms. The molecule has 0 saturated carbocycles. The lowest BCUT2D eigenvalue weighted by molar-refractivity contribution is -0.120. The first kappa shape index (κ1) is 23.5. The van der Waals surface area contributed by atoms with Gasteiger partial charge in [-0.2, -0.15) is 0 Å². The summed E-state index contributed by atoms with van der Waals surface area (Å²) < 4.78 is 36.7. The first-order valence-electron chi connectivity index (χ1n) is 9.81. The molecular weight excluding hydrogens is 404 g/mol. The highest BCUT2D eigenvalue weighted by Crippen LogP contribution is 2.24. The summed E-state index contributed by atoms with van der Waals surface area (Å²) >= 11 is 0. The molecule has 1 amide bonds. The monoisotopic (exact) mass is 434 g/mol. The van der Waals surface area contributed by atoms with E-state index in [2.05, 4.69) is 5.32 Å². The predicted octanol–water partition coefficient (Wildman–Crippen LogP) is 3.52. The first-order valence-corrected chi connectivity index (χ1v) is 11.7. The van der Waals surface area contributed by atoms with Crippen molar-refractivity contribution in [3.05, 3.63) is 54.1 Å². The van der Waals surface area contributed by atoms with Crippen molar-refractivity contribution in [1.82, 2.24) is 5.32 Å². The summed E-state index contributed by atoms with van der Waals surface area (Å²) in [5, 5.41) is 2.92. The fraction of sp³-hybridized carbons (Fsp3) is 0.409. The number of hydrogen-bond acceptors (Lipinski definition) is 5. The molecule has 0 radical (unpaired) electrons. The number of ether oxygens (including phenoxy) is 2. The third-order valence-electron chi connectivity index (χ3n) is 4.43. The Labute approximate surface area is 179 Å². The smallest absolute Gasteiger partial charge is 0.241 e. The maximum absolute atomic E-state index is 12.7. The molecule has 2 rings (SSSR count). The Hall–Kier alpha value is -2.74. The Morgan fingerprint density at radius 1 is 1.10 bits per heavy atom. The zero-order valence-electron chi connectivity index (χ0n) is 18.1. The lowest BCUT2D eigenvalue weighted by Gasteiger charge is -2.24. The summed E-state index contributed by atoms with van der Waals surface area (Å²) in [6.45, 7) is 5.41. The summed E-state index contributed by atoms with van der Waals surface area (Å²) in [5.74, 6) is 0.881. The van der Waals surface area contributed by atoms with Crippen LogP contribution in [0.2, 0.25) is 0 Å². The van der Waals surface area contributed by atoms with Crippen LogP contribution in [0.5, 0.6) is 11.5 Å². The molecule has 0 aliphatic rings. The molecule has 0 aromatic heterocycles. The largest absolute Gasteiger partial charge is 0.497 e. The minimum Gasteiger partial charge on any atom is -0.497 e. The molecule has 0 spiro atoms. The first-order chi connectivity index (χ1) is 14.1. The van der Waals surface area contributed by atoms with Gasteiger partial charge in [-0.3, -0.25) is 9.10 Å². The summed E-state index contributed by atoms with van der Waals surface area (Å²) in [6.07, 6.45) is 1.69. The van der Waals surface area contributed by atoms with Gasteiger partial charge < -0.3 is 14.8 Å². The minimum atomic E-state index is -3.67. The number of benzene rings is 2. The van der Waals surface area contributed by atoms with Crippen LogP contribution in [-0.2, 0) is 14.8 Å². The van der Waals surface area contributed by atoms with E-state index in [1.165, 1.54) is 0 Å². The highest BCUT2D eigenvalue weighted by atomic mass is 32.2. The van der Waals surface area contributed by atoms with Gasteiger partial charge in [0.25, 0.3) is 0 Å². The SMILES string of the molecule is CC[C@@H](NC(=O)CN(c1cccc(OC(C)C)c1)S(C)(=O)=O)c1ccc(OC)cc1. The lowest BCUT2D eigenvalue weighted by Crippen LogP contribution is -2.41. The maximum Gasteiger partial charge on any atom is 0.241 e. The van der Waals surface area contributed by atoms with Crippen LogP contribution in [0.4, 0.5) is 5.69 Å². The Bertz CT molecular complexity index is 942. The third kappa shape index (κ3) is 6.66. The van der Waals surface area contributed by atoms with Gasteiger partial charge in [-0.25, -0.2) is 8.42 Å². The Morgan fingerprint density at radius 2 is 1.77 bits per heavy atom. The molecule has 1 N–H and O–H groups in total. The van der Waals surface area contributed by atoms with E-state index >= 15 is 0 Å². The molecule has 0 heterocycles. The maximum atomic E-state index is 12.7. The van der Waals surface area contributed by atoms with Crippen LogP contribution in [0.25, 0.3) is 0 Å². The second kappa shape index (κ2) is 10.3. The number of carbonyl (C=O) groups is 1. The molecule has 0 fully saturated rings. The molecule has 2 aromatic rings. The average molecular weight is 435 g/mol. The Morgan fingerprint density at radius 3 is 2.30 bits per heavy atom. The van der Waals surface area contributed by atoms with Gasteiger partial charge in [-0.15, -0.1) is 0 Å². The summed E-state index contributed by atoms with van der Waals surface area (Å²) in [6, 6.07) is 13.9. The number of methoxy groups -OCH3 is 1. The number of hydrogen-bond donors (Lipinski definition) is 1. The van der Waals surface area contributed by atoms with Gasteiger partial charge in [0.2, 0.25) is 15.9 Å². The van der Waals surface area contributed by atoms with E-state index < -0.39 is 15.9 Å². The van der Waals surface area contributed by atoms with Crippen molar-refractivity contribution in [1.29, 1.82) is 0 Å². The van der Waals surface area contributed by atoms with E-state index in [4.69, 9.17) is 9.47 Å². The topological polar surface area (TPSA) is 84.9 Å². The summed E-state index contributed by atoms with van der Waals surface area (Å²) in [5.41, 5.74) is 1.30. The second-order valence-corrected chi connectivity index (χ2v) is 9.14. The quantitative estimate of drug-likeness (QED) is 0.618. The van der Waals surface area contributed by atoms with Gasteiger partial charge in [0.1, 0.15) is 18.0 Å². The molecule has 2 aromatic carbocycles. The van der Waals surface area contributed by atoms with Crippen LogP contribution in [0.3, 0.4) is 0 Å². The van der Waals surface area contributed by atoms with Crippen LogP contribution in [-0.4, -0.2) is 40.3 Å². The van der Waals surface area contributed by atoms with E-state index in [1.807, 2.05) is 45.0 Å². The molecule has 30 heavy (non-hydrogen) atoms. The minimum absolute atomic E-state index is 0.0509. The highest BCUT2D eigenvalue weighted by molar-refractivity contribution is 7.92. The normalized spacial score (nSPS) is 12.3. The van der Waals surface area contributed by atoms with Crippen molar-refractivity contribution in [3.8, 4) is 11.5 Å². The number of anilines is 1. The van der Waals surface area contributed by atoms with Crippen molar-refractivity contribution in [3.63, 3.8) is 0 Å². The molecule has 0 saturated heterocycles. The molecule has 0 unspecified atom stereocenters. The van der Waals surface area contributed by atoms with Gasteiger partial charge in [-0.1, -0.05) is 25.1 Å². The van der Waals surface area contributed by atoms with Gasteiger partial charge >= 0.3 is 0 Å². The number of amides is 1. The van der Waals surface area contributed by atoms with Gasteiger partial charge in [0.15, 0.2) is 0 Å². The molecule has 0 aliphatic heterocycles. The van der Waals surface area contributed by atoms with Gasteiger partial charge in [-0.05, 0) is 50.1 Å². The van der Waals surface area contributed by atoms with Crippen LogP contribution >= 0.6 is 0 Å². The summed E-state index contributed by atoms with van der Waals surface area (Å²) in [4.78, 5) is 12.7. The van der Waals surface area contributed by atoms with E-state index in [-0.39, 0.29) is 18.7 Å². The molecule has 8 heteroatoms. The number of sulfonamides is 1. The fourth-order valence-corrected chi connectivity index (χ4v) is 3.86. The number of carbonyl (C=O) groups excluding carboxylic acids is 1. The van der Waals surface area contributed by atoms with E-state index in [9.17, 15) is 13.2 Å². The molecule has 164 valence electrons. The number of rotatable bonds is 10.